The zero-order valence-corrected chi connectivity index (χ0v) is 23.4. The second-order valence-corrected chi connectivity index (χ2v) is 11.2. The maximum absolute atomic E-state index is 15.5. The van der Waals surface area contributed by atoms with E-state index in [1.807, 2.05) is 24.9 Å². The molecule has 0 unspecified atom stereocenters. The summed E-state index contributed by atoms with van der Waals surface area (Å²) in [6.07, 6.45) is 8.08. The Morgan fingerprint density at radius 3 is 2.82 bits per heavy atom. The van der Waals surface area contributed by atoms with Crippen LogP contribution in [0.2, 0.25) is 0 Å². The number of thiazole rings is 1. The summed E-state index contributed by atoms with van der Waals surface area (Å²) in [5.41, 5.74) is 1.84. The fourth-order valence-electron chi connectivity index (χ4n) is 5.56. The highest BCUT2D eigenvalue weighted by Gasteiger charge is 2.29. The van der Waals surface area contributed by atoms with E-state index in [9.17, 15) is 9.18 Å². The Morgan fingerprint density at radius 1 is 1.28 bits per heavy atom. The summed E-state index contributed by atoms with van der Waals surface area (Å²) in [6.45, 7) is 2.28. The van der Waals surface area contributed by atoms with Gasteiger partial charge in [0.2, 0.25) is 17.9 Å². The Bertz CT molecular complexity index is 1330. The van der Waals surface area contributed by atoms with Crippen LogP contribution in [0.15, 0.2) is 30.5 Å². The third-order valence-corrected chi connectivity index (χ3v) is 8.70. The monoisotopic (exact) mass is 556 g/mol. The van der Waals surface area contributed by atoms with Gasteiger partial charge in [0.25, 0.3) is 0 Å². The van der Waals surface area contributed by atoms with Crippen LogP contribution in [0, 0.1) is 17.0 Å². The third-order valence-electron chi connectivity index (χ3n) is 7.78. The van der Waals surface area contributed by atoms with Gasteiger partial charge in [0.15, 0.2) is 16.7 Å². The predicted octanol–water partition coefficient (Wildman–Crippen LogP) is 6.71. The molecule has 0 radical (unpaired) electrons. The summed E-state index contributed by atoms with van der Waals surface area (Å²) in [6, 6.07) is 6.79. The quantitative estimate of drug-likeness (QED) is 0.292. The van der Waals surface area contributed by atoms with Crippen molar-refractivity contribution in [3.05, 3.63) is 35.6 Å². The number of hydrogen-bond acceptors (Lipinski definition) is 7. The van der Waals surface area contributed by atoms with Gasteiger partial charge < -0.3 is 14.4 Å². The largest absolute Gasteiger partial charge is 0.488 e. The number of rotatable bonds is 9. The number of alkyl halides is 1. The molecule has 10 heteroatoms. The lowest BCUT2D eigenvalue weighted by molar-refractivity contribution is -0.122. The summed E-state index contributed by atoms with van der Waals surface area (Å²) >= 11 is 0.828. The van der Waals surface area contributed by atoms with E-state index in [1.54, 1.807) is 31.4 Å². The highest BCUT2D eigenvalue weighted by atomic mass is 32.1. The lowest BCUT2D eigenvalue weighted by Gasteiger charge is -2.26. The van der Waals surface area contributed by atoms with E-state index in [1.165, 1.54) is 30.6 Å². The molecule has 0 spiro atoms. The molecule has 1 atom stereocenters. The van der Waals surface area contributed by atoms with E-state index < -0.39 is 12.0 Å². The van der Waals surface area contributed by atoms with Gasteiger partial charge in [0.05, 0.1) is 6.54 Å². The number of carbonyl (C=O) groups is 1. The Balaban J connectivity index is 1.49. The predicted molar refractivity (Wildman–Crippen MR) is 150 cm³/mol. The van der Waals surface area contributed by atoms with E-state index in [2.05, 4.69) is 9.97 Å². The molecule has 39 heavy (non-hydrogen) atoms. The third kappa shape index (κ3) is 5.71. The SMILES string of the molecule is CC[C@H](CC1CCCC1)C(=O)N(C)c1nc(-c2cc(OCF)ccc2-c2cnc3c(c2)OCCN3C)c(F)s1. The number of carbonyl (C=O) groups excluding carboxylic acids is 1. The molecule has 1 aliphatic heterocycles. The van der Waals surface area contributed by atoms with Crippen molar-refractivity contribution in [1.82, 2.24) is 9.97 Å². The molecule has 0 bridgehead atoms. The van der Waals surface area contributed by atoms with Crippen LogP contribution in [-0.4, -0.2) is 50.0 Å². The van der Waals surface area contributed by atoms with E-state index in [0.717, 1.165) is 36.5 Å². The number of benzene rings is 1. The van der Waals surface area contributed by atoms with Gasteiger partial charge in [-0.05, 0) is 48.6 Å². The normalized spacial score (nSPS) is 16.1. The van der Waals surface area contributed by atoms with Crippen LogP contribution in [-0.2, 0) is 4.79 Å². The van der Waals surface area contributed by atoms with Gasteiger partial charge in [-0.1, -0.05) is 43.9 Å². The zero-order valence-electron chi connectivity index (χ0n) is 22.6. The first kappa shape index (κ1) is 27.3. The molecule has 3 heterocycles. The number of aromatic nitrogens is 2. The first-order chi connectivity index (χ1) is 18.9. The number of fused-ring (bicyclic) bond motifs is 1. The van der Waals surface area contributed by atoms with Crippen LogP contribution in [0.3, 0.4) is 0 Å². The number of anilines is 2. The van der Waals surface area contributed by atoms with Crippen LogP contribution in [0.25, 0.3) is 22.4 Å². The number of likely N-dealkylation sites (N-methyl/N-ethyl adjacent to an activating group) is 1. The maximum atomic E-state index is 15.5. The standard InChI is InChI=1S/C29H34F2N4O3S/c1-4-19(13-18-7-5-6-8-18)28(36)35(3)29-33-25(26(31)39-29)23-15-21(38-17-30)9-10-22(23)20-14-24-27(32-16-20)34(2)11-12-37-24/h9-10,14-16,18-19H,4-8,11-13,17H2,1-3H3/t19-/m1/s1. The van der Waals surface area contributed by atoms with Gasteiger partial charge in [-0.15, -0.1) is 0 Å². The summed E-state index contributed by atoms with van der Waals surface area (Å²) in [5.74, 6) is 2.03. The first-order valence-electron chi connectivity index (χ1n) is 13.5. The van der Waals surface area contributed by atoms with E-state index in [0.29, 0.717) is 35.0 Å². The fraction of sp³-hybridized carbons (Fsp3) is 0.483. The van der Waals surface area contributed by atoms with Crippen LogP contribution < -0.4 is 19.3 Å². The summed E-state index contributed by atoms with van der Waals surface area (Å²) in [5, 5.41) is -0.247. The molecule has 7 nitrogen and oxygen atoms in total. The second-order valence-electron chi connectivity index (χ2n) is 10.3. The highest BCUT2D eigenvalue weighted by molar-refractivity contribution is 7.14. The zero-order chi connectivity index (χ0) is 27.5. The number of pyridine rings is 1. The Morgan fingerprint density at radius 2 is 2.08 bits per heavy atom. The fourth-order valence-corrected chi connectivity index (χ4v) is 6.34. The van der Waals surface area contributed by atoms with Crippen LogP contribution in [0.4, 0.5) is 19.7 Å². The van der Waals surface area contributed by atoms with Crippen LogP contribution in [0.1, 0.15) is 45.4 Å². The molecule has 1 fully saturated rings. The van der Waals surface area contributed by atoms with Gasteiger partial charge in [-0.2, -0.15) is 4.39 Å². The van der Waals surface area contributed by atoms with Crippen LogP contribution in [0.5, 0.6) is 11.5 Å². The van der Waals surface area contributed by atoms with Gasteiger partial charge in [-0.25, -0.2) is 14.4 Å². The summed E-state index contributed by atoms with van der Waals surface area (Å²) in [4.78, 5) is 26.0. The molecule has 1 amide bonds. The van der Waals surface area contributed by atoms with Crippen molar-refractivity contribution >= 4 is 28.2 Å². The van der Waals surface area contributed by atoms with Gasteiger partial charge in [0, 0.05) is 37.3 Å². The number of halogens is 2. The lowest BCUT2D eigenvalue weighted by Crippen LogP contribution is -2.33. The summed E-state index contributed by atoms with van der Waals surface area (Å²) < 4.78 is 39.4. The first-order valence-corrected chi connectivity index (χ1v) is 14.3. The van der Waals surface area contributed by atoms with Gasteiger partial charge in [0.1, 0.15) is 18.1 Å². The Hall–Kier alpha value is -3.27. The number of ether oxygens (including phenoxy) is 2. The smallest absolute Gasteiger partial charge is 0.231 e. The minimum Gasteiger partial charge on any atom is -0.488 e. The van der Waals surface area contributed by atoms with Crippen molar-refractivity contribution in [2.75, 3.05) is 43.9 Å². The van der Waals surface area contributed by atoms with Gasteiger partial charge >= 0.3 is 0 Å². The molecule has 0 N–H and O–H groups in total. The topological polar surface area (TPSA) is 67.8 Å². The molecule has 2 aromatic heterocycles. The van der Waals surface area contributed by atoms with E-state index in [4.69, 9.17) is 9.47 Å². The molecule has 208 valence electrons. The average molecular weight is 557 g/mol. The van der Waals surface area contributed by atoms with Crippen molar-refractivity contribution < 1.29 is 23.0 Å². The number of amides is 1. The van der Waals surface area contributed by atoms with Crippen molar-refractivity contribution in [3.63, 3.8) is 0 Å². The number of nitrogens with zero attached hydrogens (tertiary/aromatic N) is 4. The molecule has 3 aromatic rings. The molecule has 0 saturated heterocycles. The highest BCUT2D eigenvalue weighted by Crippen LogP contribution is 2.42. The second kappa shape index (κ2) is 11.9. The van der Waals surface area contributed by atoms with Crippen LogP contribution >= 0.6 is 11.3 Å². The molecule has 1 saturated carbocycles. The molecule has 1 aliphatic carbocycles. The molecular weight excluding hydrogens is 522 g/mol. The summed E-state index contributed by atoms with van der Waals surface area (Å²) in [7, 11) is 3.61. The minimum absolute atomic E-state index is 0.0420. The number of hydrogen-bond donors (Lipinski definition) is 0. The van der Waals surface area contributed by atoms with E-state index in [-0.39, 0.29) is 28.4 Å². The maximum Gasteiger partial charge on any atom is 0.231 e. The molecule has 1 aromatic carbocycles. The van der Waals surface area contributed by atoms with Gasteiger partial charge in [-0.3, -0.25) is 9.69 Å². The lowest BCUT2D eigenvalue weighted by atomic mass is 9.90. The average Bonchev–Trinajstić information content (AvgIpc) is 3.60. The Kier molecular flexibility index (Phi) is 8.30. The van der Waals surface area contributed by atoms with Crippen molar-refractivity contribution in [1.29, 1.82) is 0 Å². The van der Waals surface area contributed by atoms with Crippen molar-refractivity contribution in [2.24, 2.45) is 11.8 Å². The van der Waals surface area contributed by atoms with Crippen molar-refractivity contribution in [2.45, 2.75) is 45.4 Å². The van der Waals surface area contributed by atoms with E-state index >= 15 is 4.39 Å². The molecule has 5 rings (SSSR count). The molecule has 2 aliphatic rings. The minimum atomic E-state index is -1.01. The molecular formula is C29H34F2N4O3S. The van der Waals surface area contributed by atoms with Crippen molar-refractivity contribution in [3.8, 4) is 33.9 Å². The Labute approximate surface area is 231 Å².